The maximum absolute atomic E-state index is 12.6. The van der Waals surface area contributed by atoms with E-state index >= 15 is 0 Å². The maximum atomic E-state index is 12.6. The maximum Gasteiger partial charge on any atom is 0.255 e. The highest BCUT2D eigenvalue weighted by molar-refractivity contribution is 9.10. The molecule has 0 spiro atoms. The van der Waals surface area contributed by atoms with Crippen molar-refractivity contribution in [3.05, 3.63) is 33.3 Å². The van der Waals surface area contributed by atoms with Gasteiger partial charge in [0, 0.05) is 17.1 Å². The molecule has 0 radical (unpaired) electrons. The molecule has 1 aliphatic heterocycles. The number of likely N-dealkylation sites (tertiary alicyclic amines) is 1. The number of carbonyl (C=O) groups excluding carboxylic acids is 1. The molecule has 19 heavy (non-hydrogen) atoms. The number of halogens is 2. The number of rotatable bonds is 3. The predicted molar refractivity (Wildman–Crippen MR) is 79.5 cm³/mol. The van der Waals surface area contributed by atoms with Crippen molar-refractivity contribution in [3.8, 4) is 0 Å². The van der Waals surface area contributed by atoms with E-state index in [1.807, 2.05) is 17.0 Å². The van der Waals surface area contributed by atoms with E-state index in [2.05, 4.69) is 15.9 Å². The van der Waals surface area contributed by atoms with E-state index in [4.69, 9.17) is 11.6 Å². The molecule has 2 rings (SSSR count). The van der Waals surface area contributed by atoms with Crippen molar-refractivity contribution in [3.63, 3.8) is 0 Å². The number of carbonyl (C=O) groups is 1. The van der Waals surface area contributed by atoms with E-state index in [0.29, 0.717) is 17.0 Å². The van der Waals surface area contributed by atoms with E-state index in [9.17, 15) is 9.90 Å². The van der Waals surface area contributed by atoms with E-state index in [-0.39, 0.29) is 11.9 Å². The van der Waals surface area contributed by atoms with Crippen LogP contribution in [0.2, 0.25) is 5.02 Å². The van der Waals surface area contributed by atoms with Crippen LogP contribution in [0.25, 0.3) is 0 Å². The lowest BCUT2D eigenvalue weighted by Gasteiger charge is -2.26. The molecule has 1 fully saturated rings. The summed E-state index contributed by atoms with van der Waals surface area (Å²) in [4.78, 5) is 14.4. The third-order valence-electron chi connectivity index (χ3n) is 3.43. The SMILES string of the molecule is CC(O)CC1CCCN1C(=O)c1cccc(Br)c1Cl. The number of amides is 1. The Labute approximate surface area is 126 Å². The van der Waals surface area contributed by atoms with Crippen molar-refractivity contribution in [2.75, 3.05) is 6.54 Å². The smallest absolute Gasteiger partial charge is 0.255 e. The molecule has 5 heteroatoms. The summed E-state index contributed by atoms with van der Waals surface area (Å²) < 4.78 is 0.728. The Morgan fingerprint density at radius 1 is 1.63 bits per heavy atom. The summed E-state index contributed by atoms with van der Waals surface area (Å²) in [7, 11) is 0. The van der Waals surface area contributed by atoms with Crippen LogP contribution >= 0.6 is 27.5 Å². The number of aliphatic hydroxyl groups excluding tert-OH is 1. The number of hydrogen-bond acceptors (Lipinski definition) is 2. The van der Waals surface area contributed by atoms with Gasteiger partial charge in [0.2, 0.25) is 0 Å². The van der Waals surface area contributed by atoms with Crippen LogP contribution in [0.5, 0.6) is 0 Å². The van der Waals surface area contributed by atoms with Crippen molar-refractivity contribution < 1.29 is 9.90 Å². The minimum absolute atomic E-state index is 0.0468. The van der Waals surface area contributed by atoms with E-state index in [1.54, 1.807) is 13.0 Å². The monoisotopic (exact) mass is 345 g/mol. The lowest BCUT2D eigenvalue weighted by Crippen LogP contribution is -2.37. The van der Waals surface area contributed by atoms with Gasteiger partial charge in [-0.3, -0.25) is 4.79 Å². The van der Waals surface area contributed by atoms with Crippen LogP contribution in [0, 0.1) is 0 Å². The minimum atomic E-state index is -0.392. The third kappa shape index (κ3) is 3.30. The summed E-state index contributed by atoms with van der Waals surface area (Å²) in [5.74, 6) is -0.0468. The second-order valence-electron chi connectivity index (χ2n) is 4.98. The molecule has 1 heterocycles. The fourth-order valence-electron chi connectivity index (χ4n) is 2.57. The van der Waals surface area contributed by atoms with Gasteiger partial charge in [0.05, 0.1) is 16.7 Å². The summed E-state index contributed by atoms with van der Waals surface area (Å²) in [6.07, 6.45) is 2.16. The van der Waals surface area contributed by atoms with Crippen molar-refractivity contribution in [1.29, 1.82) is 0 Å². The quantitative estimate of drug-likeness (QED) is 0.910. The average Bonchev–Trinajstić information content (AvgIpc) is 2.79. The van der Waals surface area contributed by atoms with Crippen LogP contribution in [0.3, 0.4) is 0 Å². The Morgan fingerprint density at radius 3 is 3.05 bits per heavy atom. The molecular weight excluding hydrogens is 330 g/mol. The minimum Gasteiger partial charge on any atom is -0.393 e. The van der Waals surface area contributed by atoms with Gasteiger partial charge in [-0.25, -0.2) is 0 Å². The zero-order chi connectivity index (χ0) is 14.0. The number of hydrogen-bond donors (Lipinski definition) is 1. The fraction of sp³-hybridized carbons (Fsp3) is 0.500. The van der Waals surface area contributed by atoms with Gasteiger partial charge in [0.15, 0.2) is 0 Å². The van der Waals surface area contributed by atoms with Gasteiger partial charge in [0.25, 0.3) is 5.91 Å². The molecular formula is C14H17BrClNO2. The van der Waals surface area contributed by atoms with Gasteiger partial charge < -0.3 is 10.0 Å². The van der Waals surface area contributed by atoms with E-state index in [1.165, 1.54) is 0 Å². The first kappa shape index (κ1) is 14.8. The Balaban J connectivity index is 2.21. The molecule has 2 unspecified atom stereocenters. The van der Waals surface area contributed by atoms with Gasteiger partial charge in [-0.1, -0.05) is 17.7 Å². The van der Waals surface area contributed by atoms with Gasteiger partial charge in [0.1, 0.15) is 0 Å². The molecule has 3 nitrogen and oxygen atoms in total. The van der Waals surface area contributed by atoms with Crippen molar-refractivity contribution in [2.24, 2.45) is 0 Å². The summed E-state index contributed by atoms with van der Waals surface area (Å²) in [5.41, 5.74) is 0.522. The average molecular weight is 347 g/mol. The van der Waals surface area contributed by atoms with Crippen LogP contribution < -0.4 is 0 Å². The summed E-state index contributed by atoms with van der Waals surface area (Å²) in [6, 6.07) is 5.48. The normalized spacial score (nSPS) is 20.6. The second-order valence-corrected chi connectivity index (χ2v) is 6.21. The molecule has 1 N–H and O–H groups in total. The third-order valence-corrected chi connectivity index (χ3v) is 4.73. The molecule has 1 aromatic rings. The van der Waals surface area contributed by atoms with Crippen molar-refractivity contribution in [2.45, 2.75) is 38.3 Å². The fourth-order valence-corrected chi connectivity index (χ4v) is 3.14. The topological polar surface area (TPSA) is 40.5 Å². The zero-order valence-electron chi connectivity index (χ0n) is 10.8. The highest BCUT2D eigenvalue weighted by Gasteiger charge is 2.31. The van der Waals surface area contributed by atoms with Crippen LogP contribution in [0.15, 0.2) is 22.7 Å². The van der Waals surface area contributed by atoms with Crippen molar-refractivity contribution in [1.82, 2.24) is 4.90 Å². The molecule has 104 valence electrons. The summed E-state index contributed by atoms with van der Waals surface area (Å²) in [5, 5.41) is 9.96. The van der Waals surface area contributed by atoms with Crippen molar-refractivity contribution >= 4 is 33.4 Å². The highest BCUT2D eigenvalue weighted by Crippen LogP contribution is 2.30. The summed E-state index contributed by atoms with van der Waals surface area (Å²) >= 11 is 9.51. The molecule has 0 bridgehead atoms. The molecule has 0 aliphatic carbocycles. The van der Waals surface area contributed by atoms with E-state index in [0.717, 1.165) is 23.9 Å². The lowest BCUT2D eigenvalue weighted by molar-refractivity contribution is 0.0682. The largest absolute Gasteiger partial charge is 0.393 e. The van der Waals surface area contributed by atoms with Crippen LogP contribution in [0.4, 0.5) is 0 Å². The standard InChI is InChI=1S/C14H17BrClNO2/c1-9(18)8-10-4-3-7-17(10)14(19)11-5-2-6-12(15)13(11)16/h2,5-6,9-10,18H,3-4,7-8H2,1H3. The summed E-state index contributed by atoms with van der Waals surface area (Å²) in [6.45, 7) is 2.49. The Morgan fingerprint density at radius 2 is 2.37 bits per heavy atom. The predicted octanol–water partition coefficient (Wildman–Crippen LogP) is 3.48. The second kappa shape index (κ2) is 6.25. The number of benzene rings is 1. The molecule has 1 saturated heterocycles. The first-order valence-electron chi connectivity index (χ1n) is 6.43. The Hall–Kier alpha value is -0.580. The van der Waals surface area contributed by atoms with Crippen LogP contribution in [0.1, 0.15) is 36.5 Å². The Bertz CT molecular complexity index is 479. The van der Waals surface area contributed by atoms with Crippen LogP contribution in [-0.4, -0.2) is 34.6 Å². The molecule has 2 atom stereocenters. The Kier molecular flexibility index (Phi) is 4.87. The first-order chi connectivity index (χ1) is 9.00. The van der Waals surface area contributed by atoms with Gasteiger partial charge in [-0.05, 0) is 54.2 Å². The van der Waals surface area contributed by atoms with E-state index < -0.39 is 6.10 Å². The zero-order valence-corrected chi connectivity index (χ0v) is 13.1. The number of nitrogens with zero attached hydrogens (tertiary/aromatic N) is 1. The molecule has 1 aromatic carbocycles. The van der Waals surface area contributed by atoms with Gasteiger partial charge in [-0.15, -0.1) is 0 Å². The molecule has 1 aliphatic rings. The first-order valence-corrected chi connectivity index (χ1v) is 7.61. The van der Waals surface area contributed by atoms with Crippen LogP contribution in [-0.2, 0) is 0 Å². The van der Waals surface area contributed by atoms with Gasteiger partial charge >= 0.3 is 0 Å². The van der Waals surface area contributed by atoms with Gasteiger partial charge in [-0.2, -0.15) is 0 Å². The molecule has 0 aromatic heterocycles. The highest BCUT2D eigenvalue weighted by atomic mass is 79.9. The molecule has 1 amide bonds. The number of aliphatic hydroxyl groups is 1. The lowest BCUT2D eigenvalue weighted by atomic mass is 10.1. The molecule has 0 saturated carbocycles.